The molecule has 0 aliphatic heterocycles. The third-order valence-corrected chi connectivity index (χ3v) is 5.58. The topological polar surface area (TPSA) is 36.1 Å². The second kappa shape index (κ2) is 5.28. The first-order valence-electron chi connectivity index (χ1n) is 7.65. The zero-order valence-corrected chi connectivity index (χ0v) is 14.0. The van der Waals surface area contributed by atoms with Crippen molar-refractivity contribution in [2.24, 2.45) is 10.4 Å². The van der Waals surface area contributed by atoms with Gasteiger partial charge in [-0.3, -0.25) is 0 Å². The summed E-state index contributed by atoms with van der Waals surface area (Å²) in [6.45, 7) is 0. The van der Waals surface area contributed by atoms with Gasteiger partial charge >= 0.3 is 0 Å². The van der Waals surface area contributed by atoms with Gasteiger partial charge in [0.05, 0.1) is 5.71 Å². The average molecular weight is 369 g/mol. The van der Waals surface area contributed by atoms with Crippen molar-refractivity contribution in [1.29, 1.82) is 5.26 Å². The standard InChI is InChI=1S/C19H14BrFN2/c20-15-3-1-14-10-19(18(23-11-22)17(14)8-15)6-5-12-7-16(21)4-2-13(12)9-19/h1-4,7-8H,5-6,9-10H2/b23-18-. The van der Waals surface area contributed by atoms with Crippen molar-refractivity contribution >= 4 is 21.6 Å². The smallest absolute Gasteiger partial charge is 0.205 e. The number of aliphatic imine (C=N–C) groups is 1. The number of hydrogen-bond donors (Lipinski definition) is 0. The minimum Gasteiger partial charge on any atom is -0.207 e. The van der Waals surface area contributed by atoms with Crippen LogP contribution in [0, 0.1) is 22.7 Å². The van der Waals surface area contributed by atoms with Gasteiger partial charge < -0.3 is 0 Å². The molecule has 4 heteroatoms. The highest BCUT2D eigenvalue weighted by atomic mass is 79.9. The van der Waals surface area contributed by atoms with Crippen LogP contribution in [0.1, 0.15) is 28.7 Å². The molecule has 2 aromatic carbocycles. The lowest BCUT2D eigenvalue weighted by Crippen LogP contribution is -2.35. The molecule has 1 unspecified atom stereocenters. The predicted octanol–water partition coefficient (Wildman–Crippen LogP) is 4.59. The molecule has 2 aliphatic carbocycles. The number of benzene rings is 2. The number of hydrogen-bond acceptors (Lipinski definition) is 2. The first-order valence-corrected chi connectivity index (χ1v) is 8.44. The van der Waals surface area contributed by atoms with Crippen molar-refractivity contribution in [2.75, 3.05) is 0 Å². The van der Waals surface area contributed by atoms with Crippen LogP contribution in [-0.2, 0) is 19.3 Å². The third-order valence-electron chi connectivity index (χ3n) is 5.09. The summed E-state index contributed by atoms with van der Waals surface area (Å²) in [4.78, 5) is 4.20. The fourth-order valence-corrected chi connectivity index (χ4v) is 4.43. The Bertz CT molecular complexity index is 881. The van der Waals surface area contributed by atoms with Gasteiger partial charge in [0, 0.05) is 15.5 Å². The van der Waals surface area contributed by atoms with Gasteiger partial charge in [0.25, 0.3) is 0 Å². The van der Waals surface area contributed by atoms with Gasteiger partial charge in [-0.1, -0.05) is 28.1 Å². The summed E-state index contributed by atoms with van der Waals surface area (Å²) in [6, 6.07) is 11.3. The Kier molecular flexibility index (Phi) is 3.35. The van der Waals surface area contributed by atoms with Gasteiger partial charge in [-0.25, -0.2) is 4.39 Å². The second-order valence-electron chi connectivity index (χ2n) is 6.41. The second-order valence-corrected chi connectivity index (χ2v) is 7.32. The van der Waals surface area contributed by atoms with Crippen LogP contribution >= 0.6 is 15.9 Å². The average Bonchev–Trinajstić information content (AvgIpc) is 2.81. The number of nitrogens with zero attached hydrogens (tertiary/aromatic N) is 2. The lowest BCUT2D eigenvalue weighted by atomic mass is 9.68. The van der Waals surface area contributed by atoms with E-state index in [0.717, 1.165) is 47.0 Å². The summed E-state index contributed by atoms with van der Waals surface area (Å²) in [5.74, 6) is -0.177. The van der Waals surface area contributed by atoms with Crippen LogP contribution in [0.5, 0.6) is 0 Å². The molecule has 0 aromatic heterocycles. The summed E-state index contributed by atoms with van der Waals surface area (Å²) in [6.07, 6.45) is 5.42. The summed E-state index contributed by atoms with van der Waals surface area (Å²) < 4.78 is 14.4. The molecule has 0 N–H and O–H groups in total. The maximum atomic E-state index is 13.4. The van der Waals surface area contributed by atoms with Crippen LogP contribution in [0.2, 0.25) is 0 Å². The maximum Gasteiger partial charge on any atom is 0.205 e. The fourth-order valence-electron chi connectivity index (χ4n) is 4.07. The quantitative estimate of drug-likeness (QED) is 0.626. The molecule has 23 heavy (non-hydrogen) atoms. The van der Waals surface area contributed by atoms with Crippen LogP contribution in [0.25, 0.3) is 0 Å². The molecule has 1 atom stereocenters. The zero-order chi connectivity index (χ0) is 16.0. The first kappa shape index (κ1) is 14.6. The Morgan fingerprint density at radius 3 is 2.70 bits per heavy atom. The van der Waals surface area contributed by atoms with E-state index >= 15 is 0 Å². The highest BCUT2D eigenvalue weighted by molar-refractivity contribution is 9.10. The number of fused-ring (bicyclic) bond motifs is 2. The van der Waals surface area contributed by atoms with Crippen molar-refractivity contribution in [1.82, 2.24) is 0 Å². The van der Waals surface area contributed by atoms with E-state index in [1.807, 2.05) is 18.3 Å². The van der Waals surface area contributed by atoms with Crippen LogP contribution in [-0.4, -0.2) is 5.71 Å². The van der Waals surface area contributed by atoms with Crippen molar-refractivity contribution in [2.45, 2.75) is 25.7 Å². The molecule has 0 amide bonds. The molecule has 0 fully saturated rings. The van der Waals surface area contributed by atoms with Crippen LogP contribution in [0.3, 0.4) is 0 Å². The summed E-state index contributed by atoms with van der Waals surface area (Å²) in [7, 11) is 0. The Hall–Kier alpha value is -1.99. The molecule has 0 heterocycles. The molecule has 0 radical (unpaired) electrons. The minimum absolute atomic E-state index is 0.135. The molecule has 2 nitrogen and oxygen atoms in total. The SMILES string of the molecule is N#C/N=C1/c2cc(Br)ccc2CC12CCc1cc(F)ccc1C2. The molecule has 0 bridgehead atoms. The molecule has 2 aliphatic rings. The van der Waals surface area contributed by atoms with Crippen molar-refractivity contribution in [3.05, 3.63) is 68.9 Å². The lowest BCUT2D eigenvalue weighted by molar-refractivity contribution is 0.371. The Balaban J connectivity index is 1.82. The van der Waals surface area contributed by atoms with E-state index in [9.17, 15) is 4.39 Å². The summed E-state index contributed by atoms with van der Waals surface area (Å²) in [5, 5.41) is 9.17. The largest absolute Gasteiger partial charge is 0.207 e. The van der Waals surface area contributed by atoms with Crippen molar-refractivity contribution < 1.29 is 4.39 Å². The predicted molar refractivity (Wildman–Crippen MR) is 90.9 cm³/mol. The highest BCUT2D eigenvalue weighted by Gasteiger charge is 2.45. The molecule has 4 rings (SSSR count). The first-order chi connectivity index (χ1) is 11.1. The number of halogens is 2. The van der Waals surface area contributed by atoms with Gasteiger partial charge in [0.15, 0.2) is 0 Å². The van der Waals surface area contributed by atoms with Crippen LogP contribution in [0.15, 0.2) is 45.9 Å². The normalized spacial score (nSPS) is 23.6. The van der Waals surface area contributed by atoms with E-state index in [2.05, 4.69) is 33.1 Å². The number of rotatable bonds is 0. The molecule has 114 valence electrons. The molecule has 0 saturated carbocycles. The number of aryl methyl sites for hydroxylation is 1. The van der Waals surface area contributed by atoms with Gasteiger partial charge in [0.2, 0.25) is 6.19 Å². The van der Waals surface area contributed by atoms with Crippen LogP contribution < -0.4 is 0 Å². The van der Waals surface area contributed by atoms with Gasteiger partial charge in [-0.15, -0.1) is 0 Å². The van der Waals surface area contributed by atoms with Gasteiger partial charge in [-0.05, 0) is 66.6 Å². The van der Waals surface area contributed by atoms with Gasteiger partial charge in [0.1, 0.15) is 5.82 Å². The minimum atomic E-state index is -0.177. The Morgan fingerprint density at radius 1 is 1.09 bits per heavy atom. The summed E-state index contributed by atoms with van der Waals surface area (Å²) in [5.41, 5.74) is 5.34. The zero-order valence-electron chi connectivity index (χ0n) is 12.4. The van der Waals surface area contributed by atoms with Crippen LogP contribution in [0.4, 0.5) is 4.39 Å². The summed E-state index contributed by atoms with van der Waals surface area (Å²) >= 11 is 3.51. The van der Waals surface area contributed by atoms with E-state index in [-0.39, 0.29) is 11.2 Å². The van der Waals surface area contributed by atoms with Gasteiger partial charge in [-0.2, -0.15) is 10.3 Å². The van der Waals surface area contributed by atoms with E-state index in [0.29, 0.717) is 0 Å². The van der Waals surface area contributed by atoms with E-state index in [1.165, 1.54) is 17.2 Å². The Labute approximate surface area is 142 Å². The monoisotopic (exact) mass is 368 g/mol. The molecule has 0 saturated heterocycles. The fraction of sp³-hybridized carbons (Fsp3) is 0.263. The number of nitriles is 1. The molecule has 2 aromatic rings. The molecular weight excluding hydrogens is 355 g/mol. The van der Waals surface area contributed by atoms with Crippen molar-refractivity contribution in [3.63, 3.8) is 0 Å². The molecule has 1 spiro atoms. The van der Waals surface area contributed by atoms with E-state index in [1.54, 1.807) is 6.07 Å². The Morgan fingerprint density at radius 2 is 1.87 bits per heavy atom. The maximum absolute atomic E-state index is 13.4. The van der Waals surface area contributed by atoms with E-state index < -0.39 is 0 Å². The van der Waals surface area contributed by atoms with E-state index in [4.69, 9.17) is 5.26 Å². The lowest BCUT2D eigenvalue weighted by Gasteiger charge is -2.35. The van der Waals surface area contributed by atoms with Crippen molar-refractivity contribution in [3.8, 4) is 6.19 Å². The highest BCUT2D eigenvalue weighted by Crippen LogP contribution is 2.47. The third kappa shape index (κ3) is 2.31. The molecular formula is C19H14BrFN2.